The Morgan fingerprint density at radius 3 is 2.46 bits per heavy atom. The Labute approximate surface area is 154 Å². The third-order valence-electron chi connectivity index (χ3n) is 3.83. The number of nitrogens with one attached hydrogen (secondary N) is 2. The normalized spacial score (nSPS) is 12.3. The topological polar surface area (TPSA) is 84.5 Å². The highest BCUT2D eigenvalue weighted by Gasteiger charge is 2.16. The molecule has 0 aliphatic heterocycles. The van der Waals surface area contributed by atoms with Crippen molar-refractivity contribution in [3.8, 4) is 5.75 Å². The van der Waals surface area contributed by atoms with E-state index in [1.807, 2.05) is 38.1 Å². The van der Waals surface area contributed by atoms with Gasteiger partial charge in [-0.3, -0.25) is 9.52 Å². The molecule has 26 heavy (non-hydrogen) atoms. The summed E-state index contributed by atoms with van der Waals surface area (Å²) in [6.45, 7) is 5.85. The molecule has 0 saturated carbocycles. The Morgan fingerprint density at radius 1 is 1.12 bits per heavy atom. The van der Waals surface area contributed by atoms with Crippen LogP contribution in [0.2, 0.25) is 0 Å². The maximum atomic E-state index is 12.5. The lowest BCUT2D eigenvalue weighted by Gasteiger charge is -2.17. The Balaban J connectivity index is 2.03. The minimum Gasteiger partial charge on any atom is -0.491 e. The molecule has 140 valence electrons. The molecule has 0 aliphatic rings. The molecular formula is C19H24N2O4S. The molecule has 1 amide bonds. The van der Waals surface area contributed by atoms with Crippen molar-refractivity contribution >= 4 is 21.6 Å². The molecule has 7 heteroatoms. The van der Waals surface area contributed by atoms with Crippen LogP contribution in [0.3, 0.4) is 0 Å². The molecule has 2 aromatic carbocycles. The van der Waals surface area contributed by atoms with Crippen LogP contribution in [0.15, 0.2) is 42.5 Å². The molecule has 2 rings (SSSR count). The average molecular weight is 376 g/mol. The second-order valence-electron chi connectivity index (χ2n) is 6.30. The van der Waals surface area contributed by atoms with Crippen LogP contribution >= 0.6 is 0 Å². The highest BCUT2D eigenvalue weighted by Crippen LogP contribution is 2.20. The van der Waals surface area contributed by atoms with Crippen molar-refractivity contribution in [2.75, 3.05) is 17.6 Å². The fourth-order valence-corrected chi connectivity index (χ4v) is 3.09. The predicted molar refractivity (Wildman–Crippen MR) is 103 cm³/mol. The van der Waals surface area contributed by atoms with Crippen LogP contribution in [0.5, 0.6) is 5.75 Å². The summed E-state index contributed by atoms with van der Waals surface area (Å²) in [6.07, 6.45) is 1.07. The molecule has 0 radical (unpaired) electrons. The van der Waals surface area contributed by atoms with Crippen LogP contribution in [0.1, 0.15) is 28.4 Å². The number of sulfonamides is 1. The summed E-state index contributed by atoms with van der Waals surface area (Å²) in [4.78, 5) is 12.5. The quantitative estimate of drug-likeness (QED) is 0.778. The fourth-order valence-electron chi connectivity index (χ4n) is 2.47. The summed E-state index contributed by atoms with van der Waals surface area (Å²) < 4.78 is 31.0. The minimum absolute atomic E-state index is 0.215. The molecule has 0 aliphatic carbocycles. The van der Waals surface area contributed by atoms with E-state index in [-0.39, 0.29) is 11.9 Å². The van der Waals surface area contributed by atoms with Gasteiger partial charge in [-0.15, -0.1) is 0 Å². The van der Waals surface area contributed by atoms with Gasteiger partial charge in [-0.05, 0) is 50.1 Å². The van der Waals surface area contributed by atoms with Crippen molar-refractivity contribution in [1.82, 2.24) is 5.32 Å². The Morgan fingerprint density at radius 2 is 1.81 bits per heavy atom. The minimum atomic E-state index is -3.41. The first kappa shape index (κ1) is 19.8. The molecule has 0 fully saturated rings. The largest absolute Gasteiger partial charge is 0.491 e. The maximum absolute atomic E-state index is 12.5. The number of hydrogen-bond donors (Lipinski definition) is 2. The zero-order valence-electron chi connectivity index (χ0n) is 15.4. The van der Waals surface area contributed by atoms with Gasteiger partial charge in [0.05, 0.1) is 18.0 Å². The Bertz CT molecular complexity index is 894. The lowest BCUT2D eigenvalue weighted by atomic mass is 10.1. The summed E-state index contributed by atoms with van der Waals surface area (Å²) >= 11 is 0. The van der Waals surface area contributed by atoms with Crippen LogP contribution in [-0.4, -0.2) is 33.2 Å². The van der Waals surface area contributed by atoms with Crippen LogP contribution in [0, 0.1) is 13.8 Å². The molecule has 0 saturated heterocycles. The number of amides is 1. The lowest BCUT2D eigenvalue weighted by molar-refractivity contribution is 0.0926. The predicted octanol–water partition coefficient (Wildman–Crippen LogP) is 2.87. The summed E-state index contributed by atoms with van der Waals surface area (Å²) in [5.41, 5.74) is 2.41. The molecule has 1 unspecified atom stereocenters. The van der Waals surface area contributed by atoms with E-state index in [0.717, 1.165) is 17.6 Å². The monoisotopic (exact) mass is 376 g/mol. The molecule has 0 aromatic heterocycles. The zero-order chi connectivity index (χ0) is 19.3. The Hall–Kier alpha value is -2.54. The maximum Gasteiger partial charge on any atom is 0.251 e. The second-order valence-corrected chi connectivity index (χ2v) is 8.05. The molecular weight excluding hydrogens is 352 g/mol. The first-order chi connectivity index (χ1) is 12.2. The van der Waals surface area contributed by atoms with Gasteiger partial charge in [-0.25, -0.2) is 8.42 Å². The van der Waals surface area contributed by atoms with Gasteiger partial charge < -0.3 is 10.1 Å². The summed E-state index contributed by atoms with van der Waals surface area (Å²) in [5.74, 6) is 0.504. The molecule has 0 spiro atoms. The SMILES string of the molecule is Cc1ccccc1OCC(C)NC(=O)c1cccc(NS(C)(=O)=O)c1C. The highest BCUT2D eigenvalue weighted by atomic mass is 32.2. The van der Waals surface area contributed by atoms with Gasteiger partial charge in [-0.1, -0.05) is 24.3 Å². The van der Waals surface area contributed by atoms with Crippen molar-refractivity contribution < 1.29 is 17.9 Å². The van der Waals surface area contributed by atoms with Crippen molar-refractivity contribution in [2.24, 2.45) is 0 Å². The van der Waals surface area contributed by atoms with Crippen LogP contribution < -0.4 is 14.8 Å². The van der Waals surface area contributed by atoms with Crippen molar-refractivity contribution in [3.05, 3.63) is 59.2 Å². The van der Waals surface area contributed by atoms with Crippen LogP contribution in [0.4, 0.5) is 5.69 Å². The standard InChI is InChI=1S/C19H24N2O4S/c1-13-8-5-6-11-18(13)25-12-14(2)20-19(22)16-9-7-10-17(15(16)3)21-26(4,23)24/h5-11,14,21H,12H2,1-4H3,(H,20,22). The van der Waals surface area contributed by atoms with Crippen molar-refractivity contribution in [3.63, 3.8) is 0 Å². The lowest BCUT2D eigenvalue weighted by Crippen LogP contribution is -2.37. The Kier molecular flexibility index (Phi) is 6.26. The molecule has 0 bridgehead atoms. The first-order valence-corrected chi connectivity index (χ1v) is 10.1. The van der Waals surface area contributed by atoms with E-state index in [1.54, 1.807) is 25.1 Å². The van der Waals surface area contributed by atoms with Gasteiger partial charge in [0.2, 0.25) is 10.0 Å². The van der Waals surface area contributed by atoms with E-state index < -0.39 is 10.0 Å². The van der Waals surface area contributed by atoms with Crippen molar-refractivity contribution in [1.29, 1.82) is 0 Å². The molecule has 2 aromatic rings. The number of ether oxygens (including phenoxy) is 1. The second kappa shape index (κ2) is 8.23. The van der Waals surface area contributed by atoms with Gasteiger partial charge in [-0.2, -0.15) is 0 Å². The summed E-state index contributed by atoms with van der Waals surface area (Å²) in [6, 6.07) is 12.4. The number of benzene rings is 2. The van der Waals surface area contributed by atoms with E-state index >= 15 is 0 Å². The zero-order valence-corrected chi connectivity index (χ0v) is 16.2. The summed E-state index contributed by atoms with van der Waals surface area (Å²) in [5, 5.41) is 2.88. The third-order valence-corrected chi connectivity index (χ3v) is 4.42. The molecule has 2 N–H and O–H groups in total. The van der Waals surface area contributed by atoms with E-state index in [0.29, 0.717) is 23.4 Å². The van der Waals surface area contributed by atoms with Gasteiger partial charge in [0, 0.05) is 5.56 Å². The molecule has 1 atom stereocenters. The smallest absolute Gasteiger partial charge is 0.251 e. The molecule has 0 heterocycles. The van der Waals surface area contributed by atoms with Crippen LogP contribution in [0.25, 0.3) is 0 Å². The van der Waals surface area contributed by atoms with Gasteiger partial charge in [0.1, 0.15) is 12.4 Å². The van der Waals surface area contributed by atoms with E-state index in [2.05, 4.69) is 10.0 Å². The number of hydrogen-bond acceptors (Lipinski definition) is 4. The highest BCUT2D eigenvalue weighted by molar-refractivity contribution is 7.92. The van der Waals surface area contributed by atoms with E-state index in [1.165, 1.54) is 0 Å². The van der Waals surface area contributed by atoms with E-state index in [9.17, 15) is 13.2 Å². The fraction of sp³-hybridized carbons (Fsp3) is 0.316. The number of aryl methyl sites for hydroxylation is 1. The van der Waals surface area contributed by atoms with Crippen LogP contribution in [-0.2, 0) is 10.0 Å². The van der Waals surface area contributed by atoms with Gasteiger partial charge in [0.25, 0.3) is 5.91 Å². The van der Waals surface area contributed by atoms with Crippen molar-refractivity contribution in [2.45, 2.75) is 26.8 Å². The van der Waals surface area contributed by atoms with E-state index in [4.69, 9.17) is 4.74 Å². The number of anilines is 1. The van der Waals surface area contributed by atoms with Gasteiger partial charge >= 0.3 is 0 Å². The first-order valence-electron chi connectivity index (χ1n) is 8.24. The number of rotatable bonds is 7. The number of carbonyl (C=O) groups excluding carboxylic acids is 1. The average Bonchev–Trinajstić information content (AvgIpc) is 2.54. The summed E-state index contributed by atoms with van der Waals surface area (Å²) in [7, 11) is -3.41. The third kappa shape index (κ3) is 5.49. The molecule has 6 nitrogen and oxygen atoms in total. The number of para-hydroxylation sites is 1. The van der Waals surface area contributed by atoms with Gasteiger partial charge in [0.15, 0.2) is 0 Å². The number of carbonyl (C=O) groups is 1.